The molecule has 0 amide bonds. The fourth-order valence-corrected chi connectivity index (χ4v) is 2.68. The van der Waals surface area contributed by atoms with Gasteiger partial charge in [-0.3, -0.25) is 0 Å². The third kappa shape index (κ3) is 1.66. The van der Waals surface area contributed by atoms with Crippen LogP contribution < -0.4 is 5.32 Å². The van der Waals surface area contributed by atoms with Gasteiger partial charge in [0.15, 0.2) is 0 Å². The summed E-state index contributed by atoms with van der Waals surface area (Å²) in [6, 6.07) is 1.39. The van der Waals surface area contributed by atoms with E-state index in [-0.39, 0.29) is 0 Å². The highest BCUT2D eigenvalue weighted by Gasteiger charge is 2.34. The van der Waals surface area contributed by atoms with Crippen LogP contribution in [0.4, 0.5) is 0 Å². The molecule has 0 aromatic heterocycles. The van der Waals surface area contributed by atoms with Crippen molar-refractivity contribution in [2.45, 2.75) is 53.1 Å². The maximum Gasteiger partial charge on any atom is 0.00697 e. The van der Waals surface area contributed by atoms with E-state index in [2.05, 4.69) is 39.9 Å². The monoisotopic (exact) mass is 169 g/mol. The van der Waals surface area contributed by atoms with Crippen molar-refractivity contribution in [3.05, 3.63) is 0 Å². The first kappa shape index (κ1) is 10.0. The first-order chi connectivity index (χ1) is 5.57. The zero-order chi connectivity index (χ0) is 9.30. The van der Waals surface area contributed by atoms with Gasteiger partial charge in [-0.2, -0.15) is 0 Å². The Morgan fingerprint density at radius 3 is 1.67 bits per heavy atom. The topological polar surface area (TPSA) is 12.0 Å². The van der Waals surface area contributed by atoms with Crippen LogP contribution in [0.2, 0.25) is 0 Å². The summed E-state index contributed by atoms with van der Waals surface area (Å²) >= 11 is 0. The zero-order valence-electron chi connectivity index (χ0n) is 9.09. The van der Waals surface area contributed by atoms with E-state index in [4.69, 9.17) is 0 Å². The van der Waals surface area contributed by atoms with E-state index < -0.39 is 0 Å². The van der Waals surface area contributed by atoms with Gasteiger partial charge in [0.2, 0.25) is 0 Å². The molecule has 0 aromatic rings. The second kappa shape index (κ2) is 3.78. The summed E-state index contributed by atoms with van der Waals surface area (Å²) in [6.07, 6.45) is 1.33. The molecule has 1 aliphatic heterocycles. The summed E-state index contributed by atoms with van der Waals surface area (Å²) in [5, 5.41) is 3.64. The van der Waals surface area contributed by atoms with Crippen LogP contribution in [0.5, 0.6) is 0 Å². The van der Waals surface area contributed by atoms with Crippen molar-refractivity contribution in [1.82, 2.24) is 5.32 Å². The lowest BCUT2D eigenvalue weighted by Crippen LogP contribution is -2.52. The molecule has 1 N–H and O–H groups in total. The minimum atomic E-state index is 0.696. The Morgan fingerprint density at radius 1 is 0.917 bits per heavy atom. The average Bonchev–Trinajstić information content (AvgIpc) is 2.02. The van der Waals surface area contributed by atoms with E-state index >= 15 is 0 Å². The van der Waals surface area contributed by atoms with Crippen molar-refractivity contribution < 1.29 is 0 Å². The molecule has 0 aromatic carbocycles. The van der Waals surface area contributed by atoms with Gasteiger partial charge >= 0.3 is 0 Å². The standard InChI is InChI=1S/C11H23N/c1-6-11-7(2)9(4)12-10(5)8(11)3/h7-12H,6H2,1-5H3. The quantitative estimate of drug-likeness (QED) is 0.636. The van der Waals surface area contributed by atoms with Gasteiger partial charge in [-0.25, -0.2) is 0 Å². The fraction of sp³-hybridized carbons (Fsp3) is 1.00. The van der Waals surface area contributed by atoms with Crippen LogP contribution in [0.1, 0.15) is 41.0 Å². The highest BCUT2D eigenvalue weighted by Crippen LogP contribution is 2.33. The Bertz CT molecular complexity index is 130. The van der Waals surface area contributed by atoms with Crippen molar-refractivity contribution in [1.29, 1.82) is 0 Å². The Labute approximate surface area is 76.9 Å². The molecular weight excluding hydrogens is 146 g/mol. The second-order valence-corrected chi connectivity index (χ2v) is 4.53. The molecule has 1 nitrogen and oxygen atoms in total. The molecular formula is C11H23N. The maximum absolute atomic E-state index is 3.64. The Hall–Kier alpha value is -0.0400. The highest BCUT2D eigenvalue weighted by molar-refractivity contribution is 4.89. The lowest BCUT2D eigenvalue weighted by atomic mass is 9.72. The molecule has 72 valence electrons. The van der Waals surface area contributed by atoms with Crippen molar-refractivity contribution >= 4 is 0 Å². The van der Waals surface area contributed by atoms with Crippen LogP contribution in [0.25, 0.3) is 0 Å². The Balaban J connectivity index is 2.67. The third-order valence-corrected chi connectivity index (χ3v) is 3.93. The second-order valence-electron chi connectivity index (χ2n) is 4.53. The van der Waals surface area contributed by atoms with Crippen LogP contribution in [0.15, 0.2) is 0 Å². The molecule has 1 rings (SSSR count). The van der Waals surface area contributed by atoms with Crippen LogP contribution >= 0.6 is 0 Å². The summed E-state index contributed by atoms with van der Waals surface area (Å²) in [7, 11) is 0. The van der Waals surface area contributed by atoms with Crippen molar-refractivity contribution in [2.75, 3.05) is 0 Å². The maximum atomic E-state index is 3.64. The molecule has 0 bridgehead atoms. The minimum Gasteiger partial charge on any atom is -0.311 e. The number of nitrogens with one attached hydrogen (secondary N) is 1. The highest BCUT2D eigenvalue weighted by atomic mass is 15.0. The van der Waals surface area contributed by atoms with E-state index in [0.717, 1.165) is 17.8 Å². The lowest BCUT2D eigenvalue weighted by Gasteiger charge is -2.43. The summed E-state index contributed by atoms with van der Waals surface area (Å²) in [4.78, 5) is 0. The molecule has 1 saturated heterocycles. The van der Waals surface area contributed by atoms with Crippen molar-refractivity contribution in [3.8, 4) is 0 Å². The molecule has 1 heterocycles. The smallest absolute Gasteiger partial charge is 0.00697 e. The van der Waals surface area contributed by atoms with Crippen LogP contribution in [0, 0.1) is 17.8 Å². The van der Waals surface area contributed by atoms with Crippen LogP contribution in [-0.2, 0) is 0 Å². The Morgan fingerprint density at radius 2 is 1.33 bits per heavy atom. The molecule has 1 fully saturated rings. The van der Waals surface area contributed by atoms with Crippen molar-refractivity contribution in [2.24, 2.45) is 17.8 Å². The first-order valence-electron chi connectivity index (χ1n) is 5.34. The van der Waals surface area contributed by atoms with Gasteiger partial charge < -0.3 is 5.32 Å². The molecule has 4 atom stereocenters. The number of rotatable bonds is 1. The largest absolute Gasteiger partial charge is 0.311 e. The van der Waals surface area contributed by atoms with Gasteiger partial charge in [0.25, 0.3) is 0 Å². The van der Waals surface area contributed by atoms with Gasteiger partial charge in [0.1, 0.15) is 0 Å². The zero-order valence-corrected chi connectivity index (χ0v) is 9.09. The van der Waals surface area contributed by atoms with Gasteiger partial charge in [-0.05, 0) is 31.6 Å². The fourth-order valence-electron chi connectivity index (χ4n) is 2.68. The summed E-state index contributed by atoms with van der Waals surface area (Å²) in [5.74, 6) is 2.58. The average molecular weight is 169 g/mol. The van der Waals surface area contributed by atoms with Gasteiger partial charge in [0.05, 0.1) is 0 Å². The van der Waals surface area contributed by atoms with E-state index in [1.54, 1.807) is 0 Å². The first-order valence-corrected chi connectivity index (χ1v) is 5.34. The van der Waals surface area contributed by atoms with Crippen LogP contribution in [-0.4, -0.2) is 12.1 Å². The molecule has 4 unspecified atom stereocenters. The minimum absolute atomic E-state index is 0.696. The molecule has 0 aliphatic carbocycles. The SMILES string of the molecule is CCC1C(C)C(C)NC(C)C1C. The summed E-state index contributed by atoms with van der Waals surface area (Å²) in [6.45, 7) is 11.7. The van der Waals surface area contributed by atoms with E-state index in [9.17, 15) is 0 Å². The van der Waals surface area contributed by atoms with Gasteiger partial charge in [-0.15, -0.1) is 0 Å². The van der Waals surface area contributed by atoms with E-state index in [1.807, 2.05) is 0 Å². The molecule has 0 spiro atoms. The van der Waals surface area contributed by atoms with Crippen molar-refractivity contribution in [3.63, 3.8) is 0 Å². The molecule has 0 radical (unpaired) electrons. The Kier molecular flexibility index (Phi) is 3.16. The van der Waals surface area contributed by atoms with Crippen LogP contribution in [0.3, 0.4) is 0 Å². The molecule has 1 heteroatoms. The van der Waals surface area contributed by atoms with Gasteiger partial charge in [0, 0.05) is 12.1 Å². The third-order valence-electron chi connectivity index (χ3n) is 3.93. The van der Waals surface area contributed by atoms with E-state index in [1.165, 1.54) is 6.42 Å². The number of hydrogen-bond acceptors (Lipinski definition) is 1. The lowest BCUT2D eigenvalue weighted by molar-refractivity contribution is 0.109. The number of hydrogen-bond donors (Lipinski definition) is 1. The predicted molar refractivity (Wildman–Crippen MR) is 54.2 cm³/mol. The summed E-state index contributed by atoms with van der Waals surface area (Å²) < 4.78 is 0. The van der Waals surface area contributed by atoms with E-state index in [0.29, 0.717) is 12.1 Å². The molecule has 1 aliphatic rings. The molecule has 0 saturated carbocycles. The predicted octanol–water partition coefficient (Wildman–Crippen LogP) is 2.67. The van der Waals surface area contributed by atoms with Gasteiger partial charge in [-0.1, -0.05) is 27.2 Å². The summed E-state index contributed by atoms with van der Waals surface area (Å²) in [5.41, 5.74) is 0. The molecule has 12 heavy (non-hydrogen) atoms. The number of piperidine rings is 1. The normalized spacial score (nSPS) is 49.2.